The Morgan fingerprint density at radius 1 is 1.47 bits per heavy atom. The highest BCUT2D eigenvalue weighted by Crippen LogP contribution is 2.31. The summed E-state index contributed by atoms with van der Waals surface area (Å²) in [5.74, 6) is 0.119. The fourth-order valence-electron chi connectivity index (χ4n) is 3.03. The Kier molecular flexibility index (Phi) is 3.60. The lowest BCUT2D eigenvalue weighted by Gasteiger charge is -2.37. The van der Waals surface area contributed by atoms with Gasteiger partial charge in [0.25, 0.3) is 0 Å². The second kappa shape index (κ2) is 5.23. The van der Waals surface area contributed by atoms with E-state index in [-0.39, 0.29) is 12.0 Å². The molecule has 0 spiro atoms. The molecule has 1 unspecified atom stereocenters. The van der Waals surface area contributed by atoms with Crippen molar-refractivity contribution < 1.29 is 9.53 Å². The number of hydrogen-bond donors (Lipinski definition) is 1. The summed E-state index contributed by atoms with van der Waals surface area (Å²) in [5, 5.41) is 4.13. The zero-order chi connectivity index (χ0) is 13.3. The molecular formula is C14H20N2O2S. The molecule has 1 amide bonds. The molecule has 1 saturated heterocycles. The van der Waals surface area contributed by atoms with Gasteiger partial charge >= 0.3 is 0 Å². The van der Waals surface area contributed by atoms with Crippen LogP contribution in [0.1, 0.15) is 37.4 Å². The molecule has 2 heterocycles. The van der Waals surface area contributed by atoms with Crippen molar-refractivity contribution in [2.75, 3.05) is 19.7 Å². The molecule has 1 aromatic heterocycles. The van der Waals surface area contributed by atoms with Gasteiger partial charge in [-0.15, -0.1) is 0 Å². The number of carbonyl (C=O) groups is 1. The minimum atomic E-state index is -0.615. The molecule has 0 aromatic carbocycles. The lowest BCUT2D eigenvalue weighted by molar-refractivity contribution is -0.144. The normalized spacial score (nSPS) is 26.6. The number of morpholine rings is 1. The first-order valence-corrected chi connectivity index (χ1v) is 7.85. The van der Waals surface area contributed by atoms with Crippen LogP contribution < -0.4 is 5.73 Å². The number of hydrogen-bond acceptors (Lipinski definition) is 4. The molecule has 3 rings (SSSR count). The van der Waals surface area contributed by atoms with Crippen molar-refractivity contribution in [3.8, 4) is 0 Å². The van der Waals surface area contributed by atoms with Crippen LogP contribution in [-0.4, -0.2) is 36.0 Å². The molecule has 19 heavy (non-hydrogen) atoms. The van der Waals surface area contributed by atoms with Gasteiger partial charge in [-0.1, -0.05) is 12.8 Å². The predicted octanol–water partition coefficient (Wildman–Crippen LogP) is 1.92. The van der Waals surface area contributed by atoms with Gasteiger partial charge in [0.2, 0.25) is 5.91 Å². The first-order chi connectivity index (χ1) is 9.19. The third kappa shape index (κ3) is 2.55. The topological polar surface area (TPSA) is 55.6 Å². The van der Waals surface area contributed by atoms with E-state index in [1.165, 1.54) is 5.56 Å². The quantitative estimate of drug-likeness (QED) is 0.900. The maximum Gasteiger partial charge on any atom is 0.242 e. The molecule has 2 N–H and O–H groups in total. The highest BCUT2D eigenvalue weighted by molar-refractivity contribution is 7.07. The van der Waals surface area contributed by atoms with E-state index in [4.69, 9.17) is 10.5 Å². The van der Waals surface area contributed by atoms with E-state index in [0.29, 0.717) is 19.7 Å². The first-order valence-electron chi connectivity index (χ1n) is 6.91. The Hall–Kier alpha value is -0.910. The number of nitrogens with zero attached hydrogens (tertiary/aromatic N) is 1. The van der Waals surface area contributed by atoms with E-state index in [9.17, 15) is 4.79 Å². The van der Waals surface area contributed by atoms with Crippen LogP contribution >= 0.6 is 11.3 Å². The van der Waals surface area contributed by atoms with E-state index in [1.54, 1.807) is 11.3 Å². The minimum absolute atomic E-state index is 0.00829. The van der Waals surface area contributed by atoms with Gasteiger partial charge in [0, 0.05) is 6.54 Å². The minimum Gasteiger partial charge on any atom is -0.370 e. The summed E-state index contributed by atoms with van der Waals surface area (Å²) in [4.78, 5) is 14.5. The van der Waals surface area contributed by atoms with Crippen molar-refractivity contribution >= 4 is 17.2 Å². The monoisotopic (exact) mass is 280 g/mol. The molecule has 1 saturated carbocycles. The van der Waals surface area contributed by atoms with Crippen LogP contribution in [0.15, 0.2) is 16.8 Å². The summed E-state index contributed by atoms with van der Waals surface area (Å²) >= 11 is 1.66. The largest absolute Gasteiger partial charge is 0.370 e. The number of amides is 1. The van der Waals surface area contributed by atoms with Crippen LogP contribution in [0.3, 0.4) is 0 Å². The van der Waals surface area contributed by atoms with Crippen molar-refractivity contribution in [2.24, 2.45) is 5.73 Å². The first kappa shape index (κ1) is 13.1. The number of carbonyl (C=O) groups excluding carboxylic acids is 1. The molecule has 4 nitrogen and oxygen atoms in total. The predicted molar refractivity (Wildman–Crippen MR) is 75.0 cm³/mol. The average molecular weight is 280 g/mol. The van der Waals surface area contributed by atoms with Crippen molar-refractivity contribution in [3.63, 3.8) is 0 Å². The molecule has 1 aliphatic heterocycles. The molecule has 0 radical (unpaired) electrons. The molecule has 104 valence electrons. The summed E-state index contributed by atoms with van der Waals surface area (Å²) in [6, 6.07) is 2.07. The third-order valence-corrected chi connectivity index (χ3v) is 4.89. The fraction of sp³-hybridized carbons (Fsp3) is 0.643. The van der Waals surface area contributed by atoms with Crippen molar-refractivity contribution in [1.82, 2.24) is 4.90 Å². The van der Waals surface area contributed by atoms with Gasteiger partial charge in [0.05, 0.1) is 18.7 Å². The van der Waals surface area contributed by atoms with Crippen molar-refractivity contribution in [3.05, 3.63) is 22.4 Å². The Bertz CT molecular complexity index is 440. The van der Waals surface area contributed by atoms with Gasteiger partial charge < -0.3 is 15.4 Å². The second-order valence-electron chi connectivity index (χ2n) is 5.53. The fourth-order valence-corrected chi connectivity index (χ4v) is 3.73. The molecule has 1 aromatic rings. The van der Waals surface area contributed by atoms with Crippen LogP contribution in [0.2, 0.25) is 0 Å². The molecule has 1 atom stereocenters. The third-order valence-electron chi connectivity index (χ3n) is 4.19. The Morgan fingerprint density at radius 3 is 2.95 bits per heavy atom. The van der Waals surface area contributed by atoms with E-state index >= 15 is 0 Å². The van der Waals surface area contributed by atoms with E-state index in [0.717, 1.165) is 25.7 Å². The Balaban J connectivity index is 1.69. The molecule has 5 heteroatoms. The lowest BCUT2D eigenvalue weighted by atomic mass is 9.96. The molecular weight excluding hydrogens is 260 g/mol. The van der Waals surface area contributed by atoms with Crippen molar-refractivity contribution in [1.29, 1.82) is 0 Å². The summed E-state index contributed by atoms with van der Waals surface area (Å²) < 4.78 is 5.77. The summed E-state index contributed by atoms with van der Waals surface area (Å²) in [7, 11) is 0. The summed E-state index contributed by atoms with van der Waals surface area (Å²) in [6.07, 6.45) is 3.80. The summed E-state index contributed by atoms with van der Waals surface area (Å²) in [5.41, 5.74) is 6.82. The van der Waals surface area contributed by atoms with Gasteiger partial charge in [0.1, 0.15) is 6.10 Å². The van der Waals surface area contributed by atoms with Crippen LogP contribution in [0.4, 0.5) is 0 Å². The van der Waals surface area contributed by atoms with Gasteiger partial charge in [0.15, 0.2) is 0 Å². The highest BCUT2D eigenvalue weighted by atomic mass is 32.1. The highest BCUT2D eigenvalue weighted by Gasteiger charge is 2.41. The Morgan fingerprint density at radius 2 is 2.26 bits per heavy atom. The van der Waals surface area contributed by atoms with Gasteiger partial charge in [-0.25, -0.2) is 0 Å². The standard InChI is InChI=1S/C14H20N2O2S/c15-14(4-1-2-5-14)13(17)16-6-7-18-12(9-16)11-3-8-19-10-11/h3,8,10,12H,1-2,4-7,9,15H2. The lowest BCUT2D eigenvalue weighted by Crippen LogP contribution is -2.56. The van der Waals surface area contributed by atoms with Gasteiger partial charge in [-0.05, 0) is 35.2 Å². The molecule has 1 aliphatic carbocycles. The second-order valence-corrected chi connectivity index (χ2v) is 6.31. The number of rotatable bonds is 2. The van der Waals surface area contributed by atoms with E-state index < -0.39 is 5.54 Å². The van der Waals surface area contributed by atoms with E-state index in [2.05, 4.69) is 11.4 Å². The van der Waals surface area contributed by atoms with Crippen LogP contribution in [0.25, 0.3) is 0 Å². The van der Waals surface area contributed by atoms with Crippen molar-refractivity contribution in [2.45, 2.75) is 37.3 Å². The van der Waals surface area contributed by atoms with Gasteiger partial charge in [-0.3, -0.25) is 4.79 Å². The smallest absolute Gasteiger partial charge is 0.242 e. The van der Waals surface area contributed by atoms with Gasteiger partial charge in [-0.2, -0.15) is 11.3 Å². The SMILES string of the molecule is NC1(C(=O)N2CCOC(c3ccsc3)C2)CCCC1. The zero-order valence-corrected chi connectivity index (χ0v) is 11.8. The number of thiophene rings is 1. The number of ether oxygens (including phenoxy) is 1. The summed E-state index contributed by atoms with van der Waals surface area (Å²) in [6.45, 7) is 1.90. The van der Waals surface area contributed by atoms with Crippen LogP contribution in [-0.2, 0) is 9.53 Å². The average Bonchev–Trinajstić information content (AvgIpc) is 3.10. The zero-order valence-electron chi connectivity index (χ0n) is 11.0. The molecule has 2 fully saturated rings. The Labute approximate surface area is 117 Å². The number of nitrogens with two attached hydrogens (primary N) is 1. The maximum atomic E-state index is 12.6. The van der Waals surface area contributed by atoms with Crippen LogP contribution in [0, 0.1) is 0 Å². The van der Waals surface area contributed by atoms with E-state index in [1.807, 2.05) is 10.3 Å². The molecule has 0 bridgehead atoms. The molecule has 2 aliphatic rings. The van der Waals surface area contributed by atoms with Crippen LogP contribution in [0.5, 0.6) is 0 Å². The maximum absolute atomic E-state index is 12.6.